The highest BCUT2D eigenvalue weighted by Crippen LogP contribution is 2.15. The van der Waals surface area contributed by atoms with Crippen LogP contribution in [0.25, 0.3) is 0 Å². The van der Waals surface area contributed by atoms with E-state index in [0.717, 1.165) is 17.0 Å². The summed E-state index contributed by atoms with van der Waals surface area (Å²) in [7, 11) is 0. The highest BCUT2D eigenvalue weighted by atomic mass is 16.1. The van der Waals surface area contributed by atoms with Crippen LogP contribution in [0.15, 0.2) is 65.7 Å². The van der Waals surface area contributed by atoms with Gasteiger partial charge in [-0.1, -0.05) is 48.5 Å². The monoisotopic (exact) mass is 237 g/mol. The van der Waals surface area contributed by atoms with E-state index in [2.05, 4.69) is 4.99 Å². The fourth-order valence-electron chi connectivity index (χ4n) is 1.73. The van der Waals surface area contributed by atoms with Crippen molar-refractivity contribution in [3.05, 3.63) is 66.2 Å². The molecular weight excluding hydrogens is 222 g/mol. The number of benzene rings is 2. The van der Waals surface area contributed by atoms with Gasteiger partial charge in [-0.2, -0.15) is 0 Å². The van der Waals surface area contributed by atoms with E-state index in [-0.39, 0.29) is 5.78 Å². The molecule has 0 aliphatic heterocycles. The lowest BCUT2D eigenvalue weighted by Crippen LogP contribution is -2.06. The molecule has 0 saturated carbocycles. The number of hydrogen-bond acceptors (Lipinski definition) is 2. The van der Waals surface area contributed by atoms with E-state index < -0.39 is 0 Å². The van der Waals surface area contributed by atoms with Gasteiger partial charge in [-0.05, 0) is 24.6 Å². The lowest BCUT2D eigenvalue weighted by atomic mass is 10.1. The summed E-state index contributed by atoms with van der Waals surface area (Å²) in [6.45, 7) is 1.59. The Labute approximate surface area is 107 Å². The third-order valence-electron chi connectivity index (χ3n) is 2.54. The maximum absolute atomic E-state index is 11.3. The minimum absolute atomic E-state index is 0.119. The standard InChI is InChI=1S/C16H15NO/c1-13(18)12-16(14-8-4-2-5-9-14)17-15-10-6-3-7-11-15/h2-11H,12H2,1H3. The summed E-state index contributed by atoms with van der Waals surface area (Å²) in [5, 5.41) is 0. The van der Waals surface area contributed by atoms with Gasteiger partial charge in [0.15, 0.2) is 0 Å². The summed E-state index contributed by atoms with van der Waals surface area (Å²) in [4.78, 5) is 15.9. The fourth-order valence-corrected chi connectivity index (χ4v) is 1.73. The lowest BCUT2D eigenvalue weighted by Gasteiger charge is -2.05. The number of para-hydroxylation sites is 1. The van der Waals surface area contributed by atoms with Crippen molar-refractivity contribution < 1.29 is 4.79 Å². The van der Waals surface area contributed by atoms with Gasteiger partial charge in [0.05, 0.1) is 11.4 Å². The van der Waals surface area contributed by atoms with Crippen molar-refractivity contribution in [3.8, 4) is 0 Å². The minimum atomic E-state index is 0.119. The zero-order chi connectivity index (χ0) is 12.8. The number of hydrogen-bond donors (Lipinski definition) is 0. The molecule has 0 N–H and O–H groups in total. The van der Waals surface area contributed by atoms with Crippen LogP contribution >= 0.6 is 0 Å². The fraction of sp³-hybridized carbons (Fsp3) is 0.125. The van der Waals surface area contributed by atoms with Gasteiger partial charge in [-0.3, -0.25) is 9.79 Å². The highest BCUT2D eigenvalue weighted by Gasteiger charge is 2.06. The maximum Gasteiger partial charge on any atom is 0.135 e. The Balaban J connectivity index is 2.37. The molecule has 2 heteroatoms. The molecule has 0 fully saturated rings. The van der Waals surface area contributed by atoms with Crippen molar-refractivity contribution in [3.63, 3.8) is 0 Å². The zero-order valence-electron chi connectivity index (χ0n) is 10.3. The van der Waals surface area contributed by atoms with Gasteiger partial charge in [0.2, 0.25) is 0 Å². The highest BCUT2D eigenvalue weighted by molar-refractivity contribution is 6.11. The minimum Gasteiger partial charge on any atom is -0.300 e. The molecule has 90 valence electrons. The van der Waals surface area contributed by atoms with E-state index in [1.807, 2.05) is 60.7 Å². The molecule has 0 radical (unpaired) electrons. The normalized spacial score (nSPS) is 11.3. The summed E-state index contributed by atoms with van der Waals surface area (Å²) in [5.41, 5.74) is 2.68. The summed E-state index contributed by atoms with van der Waals surface area (Å²) < 4.78 is 0. The van der Waals surface area contributed by atoms with Gasteiger partial charge in [0.25, 0.3) is 0 Å². The number of carbonyl (C=O) groups excluding carboxylic acids is 1. The SMILES string of the molecule is CC(=O)CC(=Nc1ccccc1)c1ccccc1. The second-order valence-corrected chi connectivity index (χ2v) is 4.14. The predicted molar refractivity (Wildman–Crippen MR) is 74.4 cm³/mol. The van der Waals surface area contributed by atoms with Crippen molar-refractivity contribution in [1.82, 2.24) is 0 Å². The second kappa shape index (κ2) is 5.92. The van der Waals surface area contributed by atoms with E-state index in [0.29, 0.717) is 6.42 Å². The van der Waals surface area contributed by atoms with Crippen molar-refractivity contribution in [2.75, 3.05) is 0 Å². The van der Waals surface area contributed by atoms with Crippen molar-refractivity contribution in [1.29, 1.82) is 0 Å². The van der Waals surface area contributed by atoms with Crippen molar-refractivity contribution >= 4 is 17.2 Å². The Morgan fingerprint density at radius 1 is 0.944 bits per heavy atom. The molecule has 2 rings (SSSR count). The summed E-state index contributed by atoms with van der Waals surface area (Å²) >= 11 is 0. The number of rotatable bonds is 4. The third kappa shape index (κ3) is 3.39. The van der Waals surface area contributed by atoms with E-state index in [1.165, 1.54) is 0 Å². The topological polar surface area (TPSA) is 29.4 Å². The first-order valence-electron chi connectivity index (χ1n) is 5.93. The van der Waals surface area contributed by atoms with Gasteiger partial charge < -0.3 is 0 Å². The van der Waals surface area contributed by atoms with Crippen LogP contribution in [-0.4, -0.2) is 11.5 Å². The van der Waals surface area contributed by atoms with Crippen LogP contribution in [-0.2, 0) is 4.79 Å². The molecule has 0 spiro atoms. The quantitative estimate of drug-likeness (QED) is 0.744. The molecule has 0 atom stereocenters. The summed E-state index contributed by atoms with van der Waals surface area (Å²) in [5.74, 6) is 0.119. The molecule has 0 unspecified atom stereocenters. The first-order chi connectivity index (χ1) is 8.75. The predicted octanol–water partition coefficient (Wildman–Crippen LogP) is 3.79. The third-order valence-corrected chi connectivity index (χ3v) is 2.54. The van der Waals surface area contributed by atoms with Crippen LogP contribution in [0.3, 0.4) is 0 Å². The Kier molecular flexibility index (Phi) is 4.02. The van der Waals surface area contributed by atoms with Gasteiger partial charge in [-0.15, -0.1) is 0 Å². The van der Waals surface area contributed by atoms with E-state index in [4.69, 9.17) is 0 Å². The Hall–Kier alpha value is -2.22. The maximum atomic E-state index is 11.3. The molecule has 0 amide bonds. The molecule has 0 aliphatic rings. The first-order valence-corrected chi connectivity index (χ1v) is 5.93. The number of aliphatic imine (C=N–C) groups is 1. The molecular formula is C16H15NO. The Morgan fingerprint density at radius 3 is 2.06 bits per heavy atom. The van der Waals surface area contributed by atoms with Crippen LogP contribution in [0, 0.1) is 0 Å². The van der Waals surface area contributed by atoms with Crippen LogP contribution in [0.4, 0.5) is 5.69 Å². The number of nitrogens with zero attached hydrogens (tertiary/aromatic N) is 1. The average Bonchev–Trinajstić information content (AvgIpc) is 2.40. The van der Waals surface area contributed by atoms with Crippen LogP contribution < -0.4 is 0 Å². The number of ketones is 1. The Morgan fingerprint density at radius 2 is 1.50 bits per heavy atom. The zero-order valence-corrected chi connectivity index (χ0v) is 10.3. The first kappa shape index (κ1) is 12.2. The van der Waals surface area contributed by atoms with Crippen molar-refractivity contribution in [2.45, 2.75) is 13.3 Å². The number of Topliss-reactive ketones (excluding diaryl/α,β-unsaturated/α-hetero) is 1. The lowest BCUT2D eigenvalue weighted by molar-refractivity contribution is -0.115. The largest absolute Gasteiger partial charge is 0.300 e. The molecule has 0 aromatic heterocycles. The van der Waals surface area contributed by atoms with E-state index in [1.54, 1.807) is 6.92 Å². The Bertz CT molecular complexity index is 544. The molecule has 2 aromatic rings. The van der Waals surface area contributed by atoms with Gasteiger partial charge >= 0.3 is 0 Å². The summed E-state index contributed by atoms with van der Waals surface area (Å²) in [6, 6.07) is 19.5. The smallest absolute Gasteiger partial charge is 0.135 e. The summed E-state index contributed by atoms with van der Waals surface area (Å²) in [6.07, 6.45) is 0.360. The second-order valence-electron chi connectivity index (χ2n) is 4.14. The van der Waals surface area contributed by atoms with Gasteiger partial charge in [0.1, 0.15) is 5.78 Å². The average molecular weight is 237 g/mol. The van der Waals surface area contributed by atoms with E-state index in [9.17, 15) is 4.79 Å². The van der Waals surface area contributed by atoms with Crippen molar-refractivity contribution in [2.24, 2.45) is 4.99 Å². The van der Waals surface area contributed by atoms with Crippen LogP contribution in [0.1, 0.15) is 18.9 Å². The molecule has 2 aromatic carbocycles. The molecule has 0 saturated heterocycles. The van der Waals surface area contributed by atoms with E-state index >= 15 is 0 Å². The van der Waals surface area contributed by atoms with Crippen LogP contribution in [0.5, 0.6) is 0 Å². The number of carbonyl (C=O) groups is 1. The molecule has 2 nitrogen and oxygen atoms in total. The van der Waals surface area contributed by atoms with Crippen LogP contribution in [0.2, 0.25) is 0 Å². The molecule has 0 bridgehead atoms. The molecule has 0 aliphatic carbocycles. The van der Waals surface area contributed by atoms with Gasteiger partial charge in [0, 0.05) is 6.42 Å². The molecule has 18 heavy (non-hydrogen) atoms. The molecule has 0 heterocycles. The van der Waals surface area contributed by atoms with Gasteiger partial charge in [-0.25, -0.2) is 0 Å².